The molecule has 4 rings (SSSR count). The zero-order chi connectivity index (χ0) is 17.4. The summed E-state index contributed by atoms with van der Waals surface area (Å²) in [7, 11) is 0. The Labute approximate surface area is 146 Å². The number of fused-ring (bicyclic) bond motifs is 3. The first-order valence-electron chi connectivity index (χ1n) is 8.80. The number of carbonyl (C=O) groups excluding carboxylic acids is 1. The van der Waals surface area contributed by atoms with Crippen LogP contribution >= 0.6 is 0 Å². The lowest BCUT2D eigenvalue weighted by molar-refractivity contribution is -0.132. The first-order valence-corrected chi connectivity index (χ1v) is 8.80. The number of H-pyrrole nitrogens is 1. The summed E-state index contributed by atoms with van der Waals surface area (Å²) in [5.41, 5.74) is 3.65. The number of nitrogens with one attached hydrogen (secondary N) is 1. The van der Waals surface area contributed by atoms with Crippen molar-refractivity contribution < 1.29 is 9.21 Å². The number of amides is 1. The van der Waals surface area contributed by atoms with Gasteiger partial charge in [-0.2, -0.15) is 0 Å². The van der Waals surface area contributed by atoms with Crippen molar-refractivity contribution in [1.29, 1.82) is 0 Å². The number of aryl methyl sites for hydroxylation is 1. The summed E-state index contributed by atoms with van der Waals surface area (Å²) in [5, 5.41) is 9.26. The molecule has 130 valence electrons. The highest BCUT2D eigenvalue weighted by Gasteiger charge is 2.24. The van der Waals surface area contributed by atoms with Crippen LogP contribution < -0.4 is 0 Å². The first kappa shape index (κ1) is 15.9. The number of nitrogens with zero attached hydrogens (tertiary/aromatic N) is 3. The number of hydrogen-bond donors (Lipinski definition) is 1. The van der Waals surface area contributed by atoms with Crippen molar-refractivity contribution in [3.63, 3.8) is 0 Å². The van der Waals surface area contributed by atoms with Gasteiger partial charge in [0.25, 0.3) is 0 Å². The lowest BCUT2D eigenvalue weighted by atomic mass is 10.0. The van der Waals surface area contributed by atoms with E-state index in [2.05, 4.69) is 27.3 Å². The van der Waals surface area contributed by atoms with Crippen LogP contribution in [0.15, 0.2) is 28.7 Å². The van der Waals surface area contributed by atoms with Gasteiger partial charge in [0.1, 0.15) is 0 Å². The van der Waals surface area contributed by atoms with Gasteiger partial charge in [-0.3, -0.25) is 4.79 Å². The third kappa shape index (κ3) is 3.04. The molecule has 25 heavy (non-hydrogen) atoms. The molecule has 0 unspecified atom stereocenters. The highest BCUT2D eigenvalue weighted by molar-refractivity contribution is 5.86. The molecule has 1 aromatic carbocycles. The van der Waals surface area contributed by atoms with Gasteiger partial charge in [-0.1, -0.05) is 32.0 Å². The molecule has 0 spiro atoms. The molecule has 0 saturated heterocycles. The van der Waals surface area contributed by atoms with Gasteiger partial charge >= 0.3 is 0 Å². The van der Waals surface area contributed by atoms with Crippen LogP contribution in [0.2, 0.25) is 0 Å². The average molecular weight is 338 g/mol. The summed E-state index contributed by atoms with van der Waals surface area (Å²) in [6.07, 6.45) is 1.76. The van der Waals surface area contributed by atoms with Crippen LogP contribution in [-0.4, -0.2) is 32.5 Å². The molecule has 6 nitrogen and oxygen atoms in total. The van der Waals surface area contributed by atoms with Crippen LogP contribution in [0.1, 0.15) is 49.2 Å². The fraction of sp³-hybridized carbons (Fsp3) is 0.421. The highest BCUT2D eigenvalue weighted by Crippen LogP contribution is 2.27. The molecule has 3 heterocycles. The lowest BCUT2D eigenvalue weighted by Crippen LogP contribution is -2.35. The van der Waals surface area contributed by atoms with Crippen LogP contribution in [0.3, 0.4) is 0 Å². The molecular weight excluding hydrogens is 316 g/mol. The summed E-state index contributed by atoms with van der Waals surface area (Å²) in [6.45, 7) is 5.43. The lowest BCUT2D eigenvalue weighted by Gasteiger charge is -2.27. The molecule has 0 fully saturated rings. The predicted molar refractivity (Wildman–Crippen MR) is 94.1 cm³/mol. The van der Waals surface area contributed by atoms with E-state index < -0.39 is 0 Å². The minimum atomic E-state index is 0.139. The predicted octanol–water partition coefficient (Wildman–Crippen LogP) is 3.19. The van der Waals surface area contributed by atoms with E-state index in [4.69, 9.17) is 4.42 Å². The molecular formula is C19H22N4O2. The second-order valence-corrected chi connectivity index (χ2v) is 6.88. The van der Waals surface area contributed by atoms with E-state index in [1.807, 2.05) is 30.9 Å². The summed E-state index contributed by atoms with van der Waals surface area (Å²) in [4.78, 5) is 18.0. The number of para-hydroxylation sites is 1. The van der Waals surface area contributed by atoms with Crippen LogP contribution in [0, 0.1) is 0 Å². The summed E-state index contributed by atoms with van der Waals surface area (Å²) in [6, 6.07) is 8.27. The first-order chi connectivity index (χ1) is 12.1. The molecule has 1 aliphatic rings. The van der Waals surface area contributed by atoms with Crippen molar-refractivity contribution in [1.82, 2.24) is 20.1 Å². The average Bonchev–Trinajstić information content (AvgIpc) is 3.23. The molecule has 0 atom stereocenters. The Morgan fingerprint density at radius 3 is 2.96 bits per heavy atom. The quantitative estimate of drug-likeness (QED) is 0.793. The maximum atomic E-state index is 12.6. The van der Waals surface area contributed by atoms with Crippen molar-refractivity contribution in [2.24, 2.45) is 0 Å². The molecule has 0 saturated carbocycles. The van der Waals surface area contributed by atoms with E-state index in [0.717, 1.165) is 18.5 Å². The molecule has 6 heteroatoms. The zero-order valence-electron chi connectivity index (χ0n) is 14.6. The van der Waals surface area contributed by atoms with Crippen LogP contribution in [-0.2, 0) is 24.2 Å². The number of aromatic nitrogens is 3. The van der Waals surface area contributed by atoms with Crippen LogP contribution in [0.25, 0.3) is 10.9 Å². The van der Waals surface area contributed by atoms with Gasteiger partial charge in [-0.25, -0.2) is 0 Å². The Hall–Kier alpha value is -2.63. The Balaban J connectivity index is 1.43. The summed E-state index contributed by atoms with van der Waals surface area (Å²) < 4.78 is 5.59. The van der Waals surface area contributed by atoms with E-state index >= 15 is 0 Å². The standard InChI is InChI=1S/C19H22N4O2/c1-12(2)19-22-21-17(25-19)7-8-18(24)23-10-9-16-14(11-23)13-5-3-4-6-15(13)20-16/h3-6,12,20H,7-11H2,1-2H3. The van der Waals surface area contributed by atoms with E-state index in [1.54, 1.807) is 0 Å². The van der Waals surface area contributed by atoms with Gasteiger partial charge in [0.15, 0.2) is 0 Å². The topological polar surface area (TPSA) is 75.0 Å². The summed E-state index contributed by atoms with van der Waals surface area (Å²) in [5.74, 6) is 1.52. The third-order valence-corrected chi connectivity index (χ3v) is 4.76. The summed E-state index contributed by atoms with van der Waals surface area (Å²) >= 11 is 0. The molecule has 1 N–H and O–H groups in total. The molecule has 1 amide bonds. The number of hydrogen-bond acceptors (Lipinski definition) is 4. The van der Waals surface area contributed by atoms with E-state index in [9.17, 15) is 4.79 Å². The second-order valence-electron chi connectivity index (χ2n) is 6.88. The number of aromatic amines is 1. The fourth-order valence-corrected chi connectivity index (χ4v) is 3.35. The Morgan fingerprint density at radius 1 is 1.32 bits per heavy atom. The van der Waals surface area contributed by atoms with E-state index in [1.165, 1.54) is 16.6 Å². The van der Waals surface area contributed by atoms with Crippen molar-refractivity contribution in [3.05, 3.63) is 47.3 Å². The maximum absolute atomic E-state index is 12.6. The number of benzene rings is 1. The van der Waals surface area contributed by atoms with Gasteiger partial charge in [0.05, 0.1) is 0 Å². The second kappa shape index (κ2) is 6.35. The van der Waals surface area contributed by atoms with Crippen molar-refractivity contribution in [2.75, 3.05) is 6.54 Å². The Morgan fingerprint density at radius 2 is 2.16 bits per heavy atom. The maximum Gasteiger partial charge on any atom is 0.223 e. The minimum absolute atomic E-state index is 0.139. The van der Waals surface area contributed by atoms with Gasteiger partial charge in [0.2, 0.25) is 17.7 Å². The zero-order valence-corrected chi connectivity index (χ0v) is 14.6. The van der Waals surface area contributed by atoms with Crippen LogP contribution in [0.4, 0.5) is 0 Å². The van der Waals surface area contributed by atoms with Gasteiger partial charge in [0, 0.05) is 60.4 Å². The SMILES string of the molecule is CC(C)c1nnc(CCC(=O)N2CCc3[nH]c4ccccc4c3C2)o1. The Bertz CT molecular complexity index is 909. The molecule has 2 aromatic heterocycles. The molecule has 1 aliphatic heterocycles. The number of rotatable bonds is 4. The third-order valence-electron chi connectivity index (χ3n) is 4.76. The van der Waals surface area contributed by atoms with Crippen molar-refractivity contribution in [3.8, 4) is 0 Å². The van der Waals surface area contributed by atoms with Crippen LogP contribution in [0.5, 0.6) is 0 Å². The molecule has 0 aliphatic carbocycles. The molecule has 0 bridgehead atoms. The van der Waals surface area contributed by atoms with E-state index in [-0.39, 0.29) is 11.8 Å². The molecule has 3 aromatic rings. The number of carbonyl (C=O) groups is 1. The van der Waals surface area contributed by atoms with E-state index in [0.29, 0.717) is 31.2 Å². The smallest absolute Gasteiger partial charge is 0.223 e. The van der Waals surface area contributed by atoms with Gasteiger partial charge in [-0.05, 0) is 6.07 Å². The highest BCUT2D eigenvalue weighted by atomic mass is 16.4. The normalized spacial score (nSPS) is 14.3. The minimum Gasteiger partial charge on any atom is -0.425 e. The van der Waals surface area contributed by atoms with Crippen molar-refractivity contribution in [2.45, 2.75) is 45.6 Å². The monoisotopic (exact) mass is 338 g/mol. The largest absolute Gasteiger partial charge is 0.425 e. The Kier molecular flexibility index (Phi) is 4.03. The van der Waals surface area contributed by atoms with Gasteiger partial charge in [-0.15, -0.1) is 10.2 Å². The van der Waals surface area contributed by atoms with Crippen molar-refractivity contribution >= 4 is 16.8 Å². The molecule has 0 radical (unpaired) electrons. The fourth-order valence-electron chi connectivity index (χ4n) is 3.35. The van der Waals surface area contributed by atoms with Gasteiger partial charge < -0.3 is 14.3 Å².